The van der Waals surface area contributed by atoms with Crippen LogP contribution in [-0.2, 0) is 10.2 Å². The van der Waals surface area contributed by atoms with Crippen molar-refractivity contribution >= 4 is 11.8 Å². The van der Waals surface area contributed by atoms with E-state index in [1.165, 1.54) is 38.5 Å². The van der Waals surface area contributed by atoms with Crippen LogP contribution in [0.25, 0.3) is 0 Å². The molecule has 1 N–H and O–H groups in total. The molecule has 1 saturated carbocycles. The molecule has 1 saturated heterocycles. The minimum Gasteiger partial charge on any atom is -0.338 e. The van der Waals surface area contributed by atoms with Gasteiger partial charge in [-0.1, -0.05) is 45.2 Å². The van der Waals surface area contributed by atoms with Crippen LogP contribution in [0.15, 0.2) is 10.6 Å². The molecule has 0 unspecified atom stereocenters. The Morgan fingerprint density at radius 1 is 1.16 bits per heavy atom. The first-order valence-electron chi connectivity index (χ1n) is 9.66. The maximum absolute atomic E-state index is 12.9. The highest BCUT2D eigenvalue weighted by molar-refractivity contribution is 5.96. The van der Waals surface area contributed by atoms with E-state index in [1.807, 2.05) is 19.9 Å². The van der Waals surface area contributed by atoms with Crippen LogP contribution < -0.4 is 5.32 Å². The Morgan fingerprint density at radius 3 is 2.44 bits per heavy atom. The summed E-state index contributed by atoms with van der Waals surface area (Å²) in [7, 11) is 0. The molecule has 2 fully saturated rings. The standard InChI is InChI=1S/C20H33N3O2/c1-18(2,3)15-13-16(25-22-15)21-17(24)19(4,5)23-12-11-20(14-23)9-7-6-8-10-20/h13H,6-12,14H2,1-5H3,(H,21,24). The molecule has 25 heavy (non-hydrogen) atoms. The number of hydrogen-bond donors (Lipinski definition) is 1. The van der Waals surface area contributed by atoms with Crippen LogP contribution in [0.3, 0.4) is 0 Å². The summed E-state index contributed by atoms with van der Waals surface area (Å²) >= 11 is 0. The zero-order valence-electron chi connectivity index (χ0n) is 16.4. The number of rotatable bonds is 3. The van der Waals surface area contributed by atoms with E-state index in [4.69, 9.17) is 4.52 Å². The summed E-state index contributed by atoms with van der Waals surface area (Å²) in [5.41, 5.74) is 0.657. The topological polar surface area (TPSA) is 58.4 Å². The number of hydrogen-bond acceptors (Lipinski definition) is 4. The van der Waals surface area contributed by atoms with Gasteiger partial charge in [-0.3, -0.25) is 15.0 Å². The van der Waals surface area contributed by atoms with Crippen molar-refractivity contribution in [2.75, 3.05) is 18.4 Å². The van der Waals surface area contributed by atoms with Crippen LogP contribution >= 0.6 is 0 Å². The normalized spacial score (nSPS) is 21.6. The minimum absolute atomic E-state index is 0.0167. The van der Waals surface area contributed by atoms with Gasteiger partial charge in [0.25, 0.3) is 0 Å². The molecule has 5 nitrogen and oxygen atoms in total. The molecule has 3 rings (SSSR count). The first-order chi connectivity index (χ1) is 11.6. The average Bonchev–Trinajstić information content (AvgIpc) is 3.16. The van der Waals surface area contributed by atoms with Gasteiger partial charge in [0.2, 0.25) is 11.8 Å². The van der Waals surface area contributed by atoms with Gasteiger partial charge in [-0.15, -0.1) is 0 Å². The Morgan fingerprint density at radius 2 is 1.84 bits per heavy atom. The van der Waals surface area contributed by atoms with Crippen molar-refractivity contribution in [1.82, 2.24) is 10.1 Å². The molecule has 0 bridgehead atoms. The molecular weight excluding hydrogens is 314 g/mol. The van der Waals surface area contributed by atoms with E-state index in [0.29, 0.717) is 11.3 Å². The molecule has 2 aliphatic rings. The lowest BCUT2D eigenvalue weighted by molar-refractivity contribution is -0.126. The smallest absolute Gasteiger partial charge is 0.246 e. The molecule has 140 valence electrons. The van der Waals surface area contributed by atoms with Crippen molar-refractivity contribution in [2.24, 2.45) is 5.41 Å². The highest BCUT2D eigenvalue weighted by Gasteiger charge is 2.46. The second kappa shape index (κ2) is 6.42. The Hall–Kier alpha value is -1.36. The molecule has 1 aliphatic heterocycles. The molecule has 0 aromatic carbocycles. The number of amides is 1. The molecule has 0 atom stereocenters. The predicted molar refractivity (Wildman–Crippen MR) is 99.6 cm³/mol. The molecular formula is C20H33N3O2. The van der Waals surface area contributed by atoms with Crippen molar-refractivity contribution in [3.8, 4) is 0 Å². The third-order valence-electron chi connectivity index (χ3n) is 6.21. The summed E-state index contributed by atoms with van der Waals surface area (Å²) in [4.78, 5) is 15.3. The molecule has 0 radical (unpaired) electrons. The van der Waals surface area contributed by atoms with E-state index in [0.717, 1.165) is 18.8 Å². The Balaban J connectivity index is 1.65. The zero-order chi connectivity index (χ0) is 18.3. The van der Waals surface area contributed by atoms with Gasteiger partial charge in [-0.2, -0.15) is 0 Å². The van der Waals surface area contributed by atoms with Gasteiger partial charge >= 0.3 is 0 Å². The summed E-state index contributed by atoms with van der Waals surface area (Å²) in [6.07, 6.45) is 7.91. The quantitative estimate of drug-likeness (QED) is 0.883. The van der Waals surface area contributed by atoms with Crippen molar-refractivity contribution in [3.05, 3.63) is 11.8 Å². The number of carbonyl (C=O) groups is 1. The van der Waals surface area contributed by atoms with E-state index in [1.54, 1.807) is 0 Å². The lowest BCUT2D eigenvalue weighted by atomic mass is 9.73. The molecule has 1 amide bonds. The van der Waals surface area contributed by atoms with Gasteiger partial charge < -0.3 is 4.52 Å². The van der Waals surface area contributed by atoms with Gasteiger partial charge in [0.15, 0.2) is 0 Å². The number of nitrogens with one attached hydrogen (secondary N) is 1. The largest absolute Gasteiger partial charge is 0.338 e. The van der Waals surface area contributed by atoms with Crippen molar-refractivity contribution in [1.29, 1.82) is 0 Å². The average molecular weight is 348 g/mol. The summed E-state index contributed by atoms with van der Waals surface area (Å²) in [5, 5.41) is 7.02. The summed E-state index contributed by atoms with van der Waals surface area (Å²) in [6, 6.07) is 1.83. The molecule has 5 heteroatoms. The van der Waals surface area contributed by atoms with Crippen molar-refractivity contribution in [2.45, 2.75) is 84.1 Å². The van der Waals surface area contributed by atoms with Gasteiger partial charge in [0.05, 0.1) is 11.2 Å². The number of anilines is 1. The maximum atomic E-state index is 12.9. The molecule has 1 spiro atoms. The molecule has 2 heterocycles. The van der Waals surface area contributed by atoms with E-state index < -0.39 is 5.54 Å². The summed E-state index contributed by atoms with van der Waals surface area (Å²) < 4.78 is 5.33. The number of nitrogens with zero attached hydrogens (tertiary/aromatic N) is 2. The first-order valence-corrected chi connectivity index (χ1v) is 9.66. The van der Waals surface area contributed by atoms with Crippen LogP contribution in [-0.4, -0.2) is 34.6 Å². The maximum Gasteiger partial charge on any atom is 0.246 e. The third-order valence-corrected chi connectivity index (χ3v) is 6.21. The van der Waals surface area contributed by atoms with Crippen molar-refractivity contribution in [3.63, 3.8) is 0 Å². The first kappa shape index (κ1) is 18.4. The lowest BCUT2D eigenvalue weighted by Crippen LogP contribution is -2.52. The fraction of sp³-hybridized carbons (Fsp3) is 0.800. The zero-order valence-corrected chi connectivity index (χ0v) is 16.4. The highest BCUT2D eigenvalue weighted by atomic mass is 16.5. The van der Waals surface area contributed by atoms with Crippen LogP contribution in [0.5, 0.6) is 0 Å². The van der Waals surface area contributed by atoms with Crippen LogP contribution in [0.2, 0.25) is 0 Å². The lowest BCUT2D eigenvalue weighted by Gasteiger charge is -2.38. The predicted octanol–water partition coefficient (Wildman–Crippen LogP) is 4.35. The van der Waals surface area contributed by atoms with Crippen LogP contribution in [0.1, 0.15) is 78.8 Å². The van der Waals surface area contributed by atoms with E-state index >= 15 is 0 Å². The Bertz CT molecular complexity index is 621. The fourth-order valence-corrected chi connectivity index (χ4v) is 4.22. The van der Waals surface area contributed by atoms with Crippen LogP contribution in [0.4, 0.5) is 5.88 Å². The summed E-state index contributed by atoms with van der Waals surface area (Å²) in [6.45, 7) is 12.3. The Kier molecular flexibility index (Phi) is 4.73. The van der Waals surface area contributed by atoms with E-state index in [-0.39, 0.29) is 11.3 Å². The number of carbonyl (C=O) groups excluding carboxylic acids is 1. The molecule has 1 aromatic heterocycles. The molecule has 1 aromatic rings. The minimum atomic E-state index is -0.546. The monoisotopic (exact) mass is 347 g/mol. The molecule has 1 aliphatic carbocycles. The van der Waals surface area contributed by atoms with Crippen LogP contribution in [0, 0.1) is 5.41 Å². The van der Waals surface area contributed by atoms with Gasteiger partial charge in [-0.25, -0.2) is 0 Å². The highest BCUT2D eigenvalue weighted by Crippen LogP contribution is 2.45. The van der Waals surface area contributed by atoms with E-state index in [2.05, 4.69) is 36.1 Å². The number of likely N-dealkylation sites (tertiary alicyclic amines) is 1. The second-order valence-electron chi connectivity index (χ2n) is 9.57. The van der Waals surface area contributed by atoms with Gasteiger partial charge in [0.1, 0.15) is 0 Å². The second-order valence-corrected chi connectivity index (χ2v) is 9.57. The Labute approximate surface area is 151 Å². The SMILES string of the molecule is CC(C)(C)c1cc(NC(=O)C(C)(C)N2CCC3(CCCCC3)C2)on1. The third kappa shape index (κ3) is 3.76. The van der Waals surface area contributed by atoms with E-state index in [9.17, 15) is 4.79 Å². The van der Waals surface area contributed by atoms with Gasteiger partial charge in [0, 0.05) is 18.0 Å². The number of aromatic nitrogens is 1. The fourth-order valence-electron chi connectivity index (χ4n) is 4.22. The van der Waals surface area contributed by atoms with Crippen molar-refractivity contribution < 1.29 is 9.32 Å². The summed E-state index contributed by atoms with van der Waals surface area (Å²) in [5.74, 6) is 0.423. The van der Waals surface area contributed by atoms with Gasteiger partial charge in [-0.05, 0) is 45.1 Å².